The van der Waals surface area contributed by atoms with Crippen LogP contribution in [-0.2, 0) is 14.3 Å². The number of Topliss-reactive ketones (excluding diaryl/α,β-unsaturated/α-hetero) is 1. The van der Waals surface area contributed by atoms with E-state index in [-0.39, 0.29) is 18.0 Å². The van der Waals surface area contributed by atoms with Crippen LogP contribution in [0.25, 0.3) is 0 Å². The molecule has 1 saturated heterocycles. The molecule has 0 N–H and O–H groups in total. The highest BCUT2D eigenvalue weighted by atomic mass is 16.8. The first-order valence-corrected chi connectivity index (χ1v) is 5.32. The van der Waals surface area contributed by atoms with Crippen LogP contribution in [0.2, 0.25) is 0 Å². The average molecular weight is 200 g/mol. The molecule has 2 atom stereocenters. The van der Waals surface area contributed by atoms with Gasteiger partial charge in [0.05, 0.1) is 6.10 Å². The molecule has 3 nitrogen and oxygen atoms in total. The summed E-state index contributed by atoms with van der Waals surface area (Å²) < 4.78 is 11.2. The van der Waals surface area contributed by atoms with E-state index in [4.69, 9.17) is 9.47 Å². The Kier molecular flexibility index (Phi) is 3.67. The molecule has 0 spiro atoms. The Balaban J connectivity index is 2.58. The predicted octanol–water partition coefficient (Wildman–Crippen LogP) is 2.29. The second-order valence-electron chi connectivity index (χ2n) is 4.35. The molecule has 0 aliphatic carbocycles. The highest BCUT2D eigenvalue weighted by Gasteiger charge is 2.42. The fourth-order valence-electron chi connectivity index (χ4n) is 1.80. The molecule has 14 heavy (non-hydrogen) atoms. The van der Waals surface area contributed by atoms with Crippen molar-refractivity contribution in [3.05, 3.63) is 0 Å². The molecular formula is C11H20O3. The molecule has 0 aromatic heterocycles. The first-order valence-electron chi connectivity index (χ1n) is 5.32. The second-order valence-corrected chi connectivity index (χ2v) is 4.35. The lowest BCUT2D eigenvalue weighted by molar-refractivity contribution is -0.154. The number of ketones is 1. The molecule has 0 bridgehead atoms. The monoisotopic (exact) mass is 200 g/mol. The summed E-state index contributed by atoms with van der Waals surface area (Å²) in [4.78, 5) is 11.3. The first kappa shape index (κ1) is 11.7. The molecule has 0 aromatic rings. The zero-order valence-corrected chi connectivity index (χ0v) is 9.50. The molecule has 1 aliphatic rings. The molecule has 0 saturated carbocycles. The lowest BCUT2D eigenvalue weighted by Gasteiger charge is -2.16. The van der Waals surface area contributed by atoms with E-state index in [1.54, 1.807) is 6.92 Å². The van der Waals surface area contributed by atoms with Crippen molar-refractivity contribution in [2.45, 2.75) is 65.0 Å². The third-order valence-electron chi connectivity index (χ3n) is 2.43. The standard InChI is InChI=1S/C11H20O3/c1-5-6-7-9-10(8(2)12)14-11(3,4)13-9/h9-10H,5-7H2,1-4H3/t9-,10-/m1/s1. The van der Waals surface area contributed by atoms with Gasteiger partial charge in [0.15, 0.2) is 11.6 Å². The van der Waals surface area contributed by atoms with Crippen molar-refractivity contribution in [3.8, 4) is 0 Å². The van der Waals surface area contributed by atoms with Crippen LogP contribution in [-0.4, -0.2) is 23.8 Å². The Hall–Kier alpha value is -0.410. The summed E-state index contributed by atoms with van der Waals surface area (Å²) in [7, 11) is 0. The maximum absolute atomic E-state index is 11.3. The van der Waals surface area contributed by atoms with Gasteiger partial charge in [0.2, 0.25) is 0 Å². The van der Waals surface area contributed by atoms with E-state index in [1.165, 1.54) is 0 Å². The molecule has 82 valence electrons. The summed E-state index contributed by atoms with van der Waals surface area (Å²) in [6.45, 7) is 7.40. The second kappa shape index (κ2) is 4.41. The molecular weight excluding hydrogens is 180 g/mol. The molecule has 1 fully saturated rings. The fourth-order valence-corrected chi connectivity index (χ4v) is 1.80. The molecule has 1 heterocycles. The van der Waals surface area contributed by atoms with Crippen molar-refractivity contribution in [3.63, 3.8) is 0 Å². The van der Waals surface area contributed by atoms with Crippen LogP contribution in [0.3, 0.4) is 0 Å². The zero-order chi connectivity index (χ0) is 10.8. The normalized spacial score (nSPS) is 30.6. The van der Waals surface area contributed by atoms with Crippen molar-refractivity contribution >= 4 is 5.78 Å². The Labute approximate surface area is 85.8 Å². The smallest absolute Gasteiger partial charge is 0.164 e. The summed E-state index contributed by atoms with van der Waals surface area (Å²) in [6, 6.07) is 0. The van der Waals surface area contributed by atoms with Crippen LogP contribution in [0.15, 0.2) is 0 Å². The van der Waals surface area contributed by atoms with E-state index in [2.05, 4.69) is 6.92 Å². The Morgan fingerprint density at radius 2 is 2.00 bits per heavy atom. The highest BCUT2D eigenvalue weighted by molar-refractivity contribution is 5.81. The predicted molar refractivity (Wildman–Crippen MR) is 54.0 cm³/mol. The van der Waals surface area contributed by atoms with Crippen molar-refractivity contribution in [2.75, 3.05) is 0 Å². The van der Waals surface area contributed by atoms with E-state index in [0.717, 1.165) is 19.3 Å². The zero-order valence-electron chi connectivity index (χ0n) is 9.50. The Morgan fingerprint density at radius 3 is 2.50 bits per heavy atom. The number of ether oxygens (including phenoxy) is 2. The molecule has 0 aromatic carbocycles. The van der Waals surface area contributed by atoms with Crippen LogP contribution in [0.5, 0.6) is 0 Å². The van der Waals surface area contributed by atoms with Crippen LogP contribution in [0.1, 0.15) is 47.0 Å². The van der Waals surface area contributed by atoms with E-state index in [9.17, 15) is 4.79 Å². The SMILES string of the molecule is CCCC[C@H]1OC(C)(C)O[C@@H]1C(C)=O. The summed E-state index contributed by atoms with van der Waals surface area (Å²) in [5.41, 5.74) is 0. The molecule has 3 heteroatoms. The number of unbranched alkanes of at least 4 members (excludes halogenated alkanes) is 1. The summed E-state index contributed by atoms with van der Waals surface area (Å²) in [5.74, 6) is -0.536. The highest BCUT2D eigenvalue weighted by Crippen LogP contribution is 2.31. The molecule has 0 amide bonds. The van der Waals surface area contributed by atoms with Gasteiger partial charge in [-0.25, -0.2) is 0 Å². The maximum atomic E-state index is 11.3. The summed E-state index contributed by atoms with van der Waals surface area (Å²) in [6.07, 6.45) is 2.68. The van der Waals surface area contributed by atoms with Gasteiger partial charge >= 0.3 is 0 Å². The van der Waals surface area contributed by atoms with Gasteiger partial charge in [0.25, 0.3) is 0 Å². The van der Waals surface area contributed by atoms with Gasteiger partial charge in [0.1, 0.15) is 6.10 Å². The third-order valence-corrected chi connectivity index (χ3v) is 2.43. The van der Waals surface area contributed by atoms with Crippen LogP contribution in [0, 0.1) is 0 Å². The van der Waals surface area contributed by atoms with Crippen LogP contribution < -0.4 is 0 Å². The van der Waals surface area contributed by atoms with Crippen LogP contribution >= 0.6 is 0 Å². The number of rotatable bonds is 4. The van der Waals surface area contributed by atoms with Gasteiger partial charge < -0.3 is 9.47 Å². The lowest BCUT2D eigenvalue weighted by Crippen LogP contribution is -2.29. The van der Waals surface area contributed by atoms with Gasteiger partial charge in [-0.15, -0.1) is 0 Å². The molecule has 0 radical (unpaired) electrons. The Morgan fingerprint density at radius 1 is 1.36 bits per heavy atom. The van der Waals surface area contributed by atoms with E-state index >= 15 is 0 Å². The first-order chi connectivity index (χ1) is 6.46. The van der Waals surface area contributed by atoms with Gasteiger partial charge in [-0.1, -0.05) is 19.8 Å². The van der Waals surface area contributed by atoms with Gasteiger partial charge in [0, 0.05) is 0 Å². The Bertz CT molecular complexity index is 211. The summed E-state index contributed by atoms with van der Waals surface area (Å²) in [5, 5.41) is 0. The van der Waals surface area contributed by atoms with E-state index in [0.29, 0.717) is 0 Å². The van der Waals surface area contributed by atoms with E-state index < -0.39 is 5.79 Å². The fraction of sp³-hybridized carbons (Fsp3) is 0.909. The van der Waals surface area contributed by atoms with E-state index in [1.807, 2.05) is 13.8 Å². The molecule has 1 aliphatic heterocycles. The van der Waals surface area contributed by atoms with Crippen molar-refractivity contribution in [2.24, 2.45) is 0 Å². The number of carbonyl (C=O) groups excluding carboxylic acids is 1. The maximum Gasteiger partial charge on any atom is 0.164 e. The quantitative estimate of drug-likeness (QED) is 0.698. The third kappa shape index (κ3) is 2.79. The largest absolute Gasteiger partial charge is 0.344 e. The number of hydrogen-bond acceptors (Lipinski definition) is 3. The van der Waals surface area contributed by atoms with Crippen molar-refractivity contribution in [1.29, 1.82) is 0 Å². The van der Waals surface area contributed by atoms with Crippen molar-refractivity contribution < 1.29 is 14.3 Å². The molecule has 0 unspecified atom stereocenters. The minimum absolute atomic E-state index is 0.0533. The number of hydrogen-bond donors (Lipinski definition) is 0. The lowest BCUT2D eigenvalue weighted by atomic mass is 10.1. The summed E-state index contributed by atoms with van der Waals surface area (Å²) >= 11 is 0. The average Bonchev–Trinajstić information content (AvgIpc) is 2.38. The van der Waals surface area contributed by atoms with Gasteiger partial charge in [-0.05, 0) is 27.2 Å². The minimum Gasteiger partial charge on any atom is -0.344 e. The minimum atomic E-state index is -0.602. The van der Waals surface area contributed by atoms with Gasteiger partial charge in [-0.2, -0.15) is 0 Å². The molecule has 1 rings (SSSR count). The number of carbonyl (C=O) groups is 1. The van der Waals surface area contributed by atoms with Crippen molar-refractivity contribution in [1.82, 2.24) is 0 Å². The van der Waals surface area contributed by atoms with Gasteiger partial charge in [-0.3, -0.25) is 4.79 Å². The van der Waals surface area contributed by atoms with Crippen LogP contribution in [0.4, 0.5) is 0 Å². The topological polar surface area (TPSA) is 35.5 Å².